The van der Waals surface area contributed by atoms with Gasteiger partial charge in [0.1, 0.15) is 6.61 Å². The van der Waals surface area contributed by atoms with Crippen molar-refractivity contribution in [3.63, 3.8) is 0 Å². The van der Waals surface area contributed by atoms with E-state index in [0.717, 1.165) is 32.7 Å². The number of carbonyl (C=O) groups is 1. The summed E-state index contributed by atoms with van der Waals surface area (Å²) in [5.41, 5.74) is 1.31. The second-order valence-electron chi connectivity index (χ2n) is 6.52. The highest BCUT2D eigenvalue weighted by Crippen LogP contribution is 2.29. The topological polar surface area (TPSA) is 50.8 Å². The van der Waals surface area contributed by atoms with Gasteiger partial charge in [-0.2, -0.15) is 0 Å². The molecule has 2 fully saturated rings. The molecule has 3 atom stereocenters. The van der Waals surface area contributed by atoms with Crippen LogP contribution in [0, 0.1) is 5.92 Å². The number of amides is 1. The molecule has 0 bridgehead atoms. The maximum Gasteiger partial charge on any atom is 0.246 e. The largest absolute Gasteiger partial charge is 0.376 e. The first kappa shape index (κ1) is 16.4. The van der Waals surface area contributed by atoms with Crippen molar-refractivity contribution in [2.45, 2.75) is 31.5 Å². The maximum absolute atomic E-state index is 11.9. The minimum absolute atomic E-state index is 0.0420. The maximum atomic E-state index is 11.9. The molecule has 2 aliphatic rings. The number of likely N-dealkylation sites (tertiary alicyclic amines) is 1. The molecule has 2 heterocycles. The molecule has 126 valence electrons. The number of nitrogens with zero attached hydrogens (tertiary/aromatic N) is 1. The number of carbonyl (C=O) groups excluding carboxylic acids is 1. The standard InChI is InChI=1S/C18H26N2O3/c1-22-13-17(21)19-16-12-20(10-14-6-3-2-4-7-14)11-15-8-5-9-23-18(15)16/h2-4,6-7,15-16,18H,5,8-13H2,1H3,(H,19,21)/t15-,16+,18-/m0/s1. The molecule has 2 aliphatic heterocycles. The predicted octanol–water partition coefficient (Wildman–Crippen LogP) is 1.43. The molecule has 1 amide bonds. The molecule has 5 nitrogen and oxygen atoms in total. The Bertz CT molecular complexity index is 508. The van der Waals surface area contributed by atoms with E-state index >= 15 is 0 Å². The number of nitrogens with one attached hydrogen (secondary N) is 1. The van der Waals surface area contributed by atoms with Crippen molar-refractivity contribution in [1.29, 1.82) is 0 Å². The molecular formula is C18H26N2O3. The van der Waals surface area contributed by atoms with Gasteiger partial charge in [0.2, 0.25) is 5.91 Å². The summed E-state index contributed by atoms with van der Waals surface area (Å²) < 4.78 is 10.9. The monoisotopic (exact) mass is 318 g/mol. The summed E-state index contributed by atoms with van der Waals surface area (Å²) in [6, 6.07) is 10.5. The molecule has 1 aromatic rings. The van der Waals surface area contributed by atoms with Crippen LogP contribution in [0.15, 0.2) is 30.3 Å². The number of hydrogen-bond donors (Lipinski definition) is 1. The molecule has 0 radical (unpaired) electrons. The molecule has 3 rings (SSSR count). The van der Waals surface area contributed by atoms with E-state index in [0.29, 0.717) is 5.92 Å². The van der Waals surface area contributed by atoms with Gasteiger partial charge in [-0.25, -0.2) is 0 Å². The Morgan fingerprint density at radius 3 is 2.96 bits per heavy atom. The van der Waals surface area contributed by atoms with Crippen molar-refractivity contribution in [2.24, 2.45) is 5.92 Å². The minimum Gasteiger partial charge on any atom is -0.376 e. The summed E-state index contributed by atoms with van der Waals surface area (Å²) >= 11 is 0. The Labute approximate surface area is 137 Å². The molecule has 1 aromatic carbocycles. The Balaban J connectivity index is 1.67. The van der Waals surface area contributed by atoms with Gasteiger partial charge in [0, 0.05) is 33.4 Å². The van der Waals surface area contributed by atoms with Crippen LogP contribution in [-0.4, -0.2) is 56.4 Å². The van der Waals surface area contributed by atoms with Crippen molar-refractivity contribution < 1.29 is 14.3 Å². The van der Waals surface area contributed by atoms with Crippen LogP contribution in [0.5, 0.6) is 0 Å². The van der Waals surface area contributed by atoms with Gasteiger partial charge in [0.25, 0.3) is 0 Å². The van der Waals surface area contributed by atoms with E-state index in [9.17, 15) is 4.79 Å². The van der Waals surface area contributed by atoms with Crippen LogP contribution in [0.2, 0.25) is 0 Å². The molecule has 2 saturated heterocycles. The fraction of sp³-hybridized carbons (Fsp3) is 0.611. The lowest BCUT2D eigenvalue weighted by atomic mass is 9.85. The number of benzene rings is 1. The van der Waals surface area contributed by atoms with Crippen LogP contribution in [0.3, 0.4) is 0 Å². The fourth-order valence-corrected chi connectivity index (χ4v) is 3.77. The van der Waals surface area contributed by atoms with Gasteiger partial charge < -0.3 is 14.8 Å². The first-order chi connectivity index (χ1) is 11.3. The molecule has 0 aromatic heterocycles. The molecular weight excluding hydrogens is 292 g/mol. The number of methoxy groups -OCH3 is 1. The van der Waals surface area contributed by atoms with Gasteiger partial charge in [-0.15, -0.1) is 0 Å². The Kier molecular flexibility index (Phi) is 5.65. The highest BCUT2D eigenvalue weighted by atomic mass is 16.5. The zero-order valence-corrected chi connectivity index (χ0v) is 13.7. The summed E-state index contributed by atoms with van der Waals surface area (Å²) in [7, 11) is 1.54. The molecule has 5 heteroatoms. The van der Waals surface area contributed by atoms with Crippen LogP contribution in [-0.2, 0) is 20.8 Å². The Morgan fingerprint density at radius 2 is 2.17 bits per heavy atom. The van der Waals surface area contributed by atoms with Crippen LogP contribution < -0.4 is 5.32 Å². The third-order valence-electron chi connectivity index (χ3n) is 4.71. The minimum atomic E-state index is -0.0630. The van der Waals surface area contributed by atoms with Crippen LogP contribution in [0.1, 0.15) is 18.4 Å². The first-order valence-electron chi connectivity index (χ1n) is 8.42. The van der Waals surface area contributed by atoms with Crippen LogP contribution >= 0.6 is 0 Å². The third-order valence-corrected chi connectivity index (χ3v) is 4.71. The molecule has 23 heavy (non-hydrogen) atoms. The Hall–Kier alpha value is -1.43. The van der Waals surface area contributed by atoms with E-state index in [-0.39, 0.29) is 24.7 Å². The summed E-state index contributed by atoms with van der Waals surface area (Å²) in [6.45, 7) is 3.69. The molecule has 0 saturated carbocycles. The van der Waals surface area contributed by atoms with Gasteiger partial charge in [0.15, 0.2) is 0 Å². The van der Waals surface area contributed by atoms with Crippen LogP contribution in [0.25, 0.3) is 0 Å². The second-order valence-corrected chi connectivity index (χ2v) is 6.52. The first-order valence-corrected chi connectivity index (χ1v) is 8.42. The smallest absolute Gasteiger partial charge is 0.246 e. The van der Waals surface area contributed by atoms with Crippen molar-refractivity contribution in [3.8, 4) is 0 Å². The second kappa shape index (κ2) is 7.90. The number of rotatable bonds is 5. The average Bonchev–Trinajstić information content (AvgIpc) is 2.56. The average molecular weight is 318 g/mol. The molecule has 0 unspecified atom stereocenters. The van der Waals surface area contributed by atoms with Gasteiger partial charge in [-0.3, -0.25) is 9.69 Å². The summed E-state index contributed by atoms with van der Waals surface area (Å²) in [6.07, 6.45) is 2.42. The molecule has 0 aliphatic carbocycles. The van der Waals surface area contributed by atoms with Crippen molar-refractivity contribution in [1.82, 2.24) is 10.2 Å². The number of piperidine rings is 1. The predicted molar refractivity (Wildman–Crippen MR) is 88.0 cm³/mol. The normalized spacial score (nSPS) is 28.1. The molecule has 1 N–H and O–H groups in total. The van der Waals surface area contributed by atoms with E-state index in [1.165, 1.54) is 12.0 Å². The van der Waals surface area contributed by atoms with Gasteiger partial charge in [0.05, 0.1) is 12.1 Å². The zero-order valence-electron chi connectivity index (χ0n) is 13.7. The summed E-state index contributed by atoms with van der Waals surface area (Å²) in [5.74, 6) is 0.432. The molecule has 0 spiro atoms. The van der Waals surface area contributed by atoms with Crippen molar-refractivity contribution in [2.75, 3.05) is 33.4 Å². The number of fused-ring (bicyclic) bond motifs is 1. The van der Waals surface area contributed by atoms with E-state index in [1.54, 1.807) is 7.11 Å². The number of ether oxygens (including phenoxy) is 2. The van der Waals surface area contributed by atoms with E-state index in [4.69, 9.17) is 9.47 Å². The van der Waals surface area contributed by atoms with E-state index in [1.807, 2.05) is 6.07 Å². The fourth-order valence-electron chi connectivity index (χ4n) is 3.77. The van der Waals surface area contributed by atoms with Crippen molar-refractivity contribution in [3.05, 3.63) is 35.9 Å². The van der Waals surface area contributed by atoms with Crippen molar-refractivity contribution >= 4 is 5.91 Å². The van der Waals surface area contributed by atoms with E-state index < -0.39 is 0 Å². The highest BCUT2D eigenvalue weighted by Gasteiger charge is 2.39. The van der Waals surface area contributed by atoms with Gasteiger partial charge in [-0.1, -0.05) is 30.3 Å². The third kappa shape index (κ3) is 4.31. The van der Waals surface area contributed by atoms with Gasteiger partial charge in [-0.05, 0) is 24.3 Å². The van der Waals surface area contributed by atoms with Gasteiger partial charge >= 0.3 is 0 Å². The van der Waals surface area contributed by atoms with Crippen LogP contribution in [0.4, 0.5) is 0 Å². The van der Waals surface area contributed by atoms with E-state index in [2.05, 4.69) is 34.5 Å². The Morgan fingerprint density at radius 1 is 1.35 bits per heavy atom. The lowest BCUT2D eigenvalue weighted by Crippen LogP contribution is -2.61. The lowest BCUT2D eigenvalue weighted by Gasteiger charge is -2.46. The summed E-state index contributed by atoms with van der Waals surface area (Å²) in [4.78, 5) is 14.4. The lowest BCUT2D eigenvalue weighted by molar-refractivity contribution is -0.131. The quantitative estimate of drug-likeness (QED) is 0.892. The zero-order chi connectivity index (χ0) is 16.1. The summed E-state index contributed by atoms with van der Waals surface area (Å²) in [5, 5.41) is 3.10. The SMILES string of the molecule is COCC(=O)N[C@@H]1CN(Cc2ccccc2)C[C@@H]2CCCO[C@@H]21. The number of hydrogen-bond acceptors (Lipinski definition) is 4. The highest BCUT2D eigenvalue weighted by molar-refractivity contribution is 5.77.